The molecule has 0 atom stereocenters. The van der Waals surface area contributed by atoms with Crippen LogP contribution in [0.15, 0.2) is 40.9 Å². The van der Waals surface area contributed by atoms with Gasteiger partial charge in [0, 0.05) is 38.3 Å². The Labute approximate surface area is 185 Å². The lowest BCUT2D eigenvalue weighted by Crippen LogP contribution is -2.31. The Kier molecular flexibility index (Phi) is 6.69. The normalized spacial score (nSPS) is 14.1. The van der Waals surface area contributed by atoms with Gasteiger partial charge in [-0.15, -0.1) is 21.5 Å². The highest BCUT2D eigenvalue weighted by molar-refractivity contribution is 7.98. The molecule has 1 aliphatic rings. The summed E-state index contributed by atoms with van der Waals surface area (Å²) in [6.45, 7) is 2.04. The van der Waals surface area contributed by atoms with E-state index >= 15 is 0 Å². The Hall–Kier alpha value is -2.39. The predicted molar refractivity (Wildman–Crippen MR) is 121 cm³/mol. The maximum absolute atomic E-state index is 11.9. The van der Waals surface area contributed by atoms with E-state index in [9.17, 15) is 4.79 Å². The zero-order valence-corrected chi connectivity index (χ0v) is 19.0. The van der Waals surface area contributed by atoms with Gasteiger partial charge in [0.05, 0.1) is 17.8 Å². The van der Waals surface area contributed by atoms with Crippen LogP contribution in [0.2, 0.25) is 0 Å². The van der Waals surface area contributed by atoms with Crippen molar-refractivity contribution < 1.29 is 4.79 Å². The molecule has 1 aromatic carbocycles. The van der Waals surface area contributed by atoms with Gasteiger partial charge in [0.1, 0.15) is 5.01 Å². The number of carbonyl (C=O) groups is 1. The molecule has 3 heterocycles. The average Bonchev–Trinajstić information content (AvgIpc) is 3.40. The highest BCUT2D eigenvalue weighted by atomic mass is 32.2. The molecule has 158 valence electrons. The van der Waals surface area contributed by atoms with Crippen molar-refractivity contribution in [1.29, 1.82) is 0 Å². The molecule has 4 rings (SSSR count). The Morgan fingerprint density at radius 3 is 2.63 bits per heavy atom. The van der Waals surface area contributed by atoms with E-state index in [1.807, 2.05) is 23.6 Å². The second-order valence-electron chi connectivity index (χ2n) is 7.49. The van der Waals surface area contributed by atoms with E-state index < -0.39 is 0 Å². The molecule has 30 heavy (non-hydrogen) atoms. The van der Waals surface area contributed by atoms with Crippen LogP contribution >= 0.6 is 23.1 Å². The smallest absolute Gasteiger partial charge is 0.232 e. The average molecular weight is 443 g/mol. The number of nitrogens with zero attached hydrogens (tertiary/aromatic N) is 6. The lowest BCUT2D eigenvalue weighted by Gasteiger charge is -2.27. The van der Waals surface area contributed by atoms with Crippen LogP contribution in [0.4, 0.5) is 5.95 Å². The van der Waals surface area contributed by atoms with E-state index in [0.29, 0.717) is 12.2 Å². The molecule has 3 aromatic rings. The lowest BCUT2D eigenvalue weighted by molar-refractivity contribution is -0.127. The van der Waals surface area contributed by atoms with Gasteiger partial charge in [0.2, 0.25) is 11.9 Å². The molecular formula is C21H26N6OS2. The molecule has 0 aliphatic carbocycles. The van der Waals surface area contributed by atoms with Crippen molar-refractivity contribution in [2.45, 2.75) is 36.6 Å². The SMILES string of the molecule is CN(C)C(=O)Cc1nc(CSc2nnc(N3CCCCC3)n2-c2ccccc2)cs1. The van der Waals surface area contributed by atoms with Crippen LogP contribution < -0.4 is 4.90 Å². The predicted octanol–water partition coefficient (Wildman–Crippen LogP) is 3.64. The number of likely N-dealkylation sites (N-methyl/N-ethyl adjacent to an activating group) is 1. The Bertz CT molecular complexity index is 979. The van der Waals surface area contributed by atoms with Gasteiger partial charge < -0.3 is 9.80 Å². The van der Waals surface area contributed by atoms with E-state index in [1.165, 1.54) is 30.6 Å². The molecule has 0 N–H and O–H groups in total. The van der Waals surface area contributed by atoms with E-state index in [4.69, 9.17) is 0 Å². The second kappa shape index (κ2) is 9.61. The maximum Gasteiger partial charge on any atom is 0.232 e. The van der Waals surface area contributed by atoms with E-state index in [-0.39, 0.29) is 5.91 Å². The van der Waals surface area contributed by atoms with Crippen LogP contribution in [0, 0.1) is 0 Å². The van der Waals surface area contributed by atoms with Crippen molar-refractivity contribution in [3.8, 4) is 5.69 Å². The summed E-state index contributed by atoms with van der Waals surface area (Å²) < 4.78 is 2.15. The first-order chi connectivity index (χ1) is 14.6. The summed E-state index contributed by atoms with van der Waals surface area (Å²) in [5.74, 6) is 1.68. The summed E-state index contributed by atoms with van der Waals surface area (Å²) in [5, 5.41) is 12.8. The van der Waals surface area contributed by atoms with E-state index in [1.54, 1.807) is 30.8 Å². The van der Waals surface area contributed by atoms with Crippen LogP contribution in [0.5, 0.6) is 0 Å². The fourth-order valence-corrected chi connectivity index (χ4v) is 5.11. The zero-order valence-electron chi connectivity index (χ0n) is 17.3. The van der Waals surface area contributed by atoms with Gasteiger partial charge in [0.25, 0.3) is 0 Å². The van der Waals surface area contributed by atoms with Gasteiger partial charge in [-0.1, -0.05) is 30.0 Å². The van der Waals surface area contributed by atoms with Crippen molar-refractivity contribution in [3.63, 3.8) is 0 Å². The molecule has 1 aliphatic heterocycles. The van der Waals surface area contributed by atoms with Crippen molar-refractivity contribution in [2.24, 2.45) is 0 Å². The third kappa shape index (κ3) is 4.84. The maximum atomic E-state index is 11.9. The molecule has 7 nitrogen and oxygen atoms in total. The molecule has 9 heteroatoms. The molecule has 1 amide bonds. The van der Waals surface area contributed by atoms with Crippen molar-refractivity contribution >= 4 is 35.0 Å². The Morgan fingerprint density at radius 2 is 1.90 bits per heavy atom. The van der Waals surface area contributed by atoms with Gasteiger partial charge in [-0.05, 0) is 31.4 Å². The number of aromatic nitrogens is 4. The molecule has 0 saturated carbocycles. The van der Waals surface area contributed by atoms with Gasteiger partial charge in [-0.2, -0.15) is 0 Å². The number of hydrogen-bond donors (Lipinski definition) is 0. The number of benzene rings is 1. The van der Waals surface area contributed by atoms with Gasteiger partial charge in [-0.3, -0.25) is 9.36 Å². The highest BCUT2D eigenvalue weighted by Gasteiger charge is 2.21. The van der Waals surface area contributed by atoms with Gasteiger partial charge in [-0.25, -0.2) is 4.98 Å². The van der Waals surface area contributed by atoms with E-state index in [0.717, 1.165) is 40.6 Å². The molecule has 1 saturated heterocycles. The minimum atomic E-state index is 0.0681. The molecule has 0 radical (unpaired) electrons. The van der Waals surface area contributed by atoms with Crippen LogP contribution in [0.1, 0.15) is 30.0 Å². The number of thiazole rings is 1. The topological polar surface area (TPSA) is 67.2 Å². The molecular weight excluding hydrogens is 416 g/mol. The molecule has 0 unspecified atom stereocenters. The van der Waals surface area contributed by atoms with E-state index in [2.05, 4.69) is 36.8 Å². The minimum absolute atomic E-state index is 0.0681. The zero-order chi connectivity index (χ0) is 20.9. The lowest BCUT2D eigenvalue weighted by atomic mass is 10.1. The van der Waals surface area contributed by atoms with Crippen molar-refractivity contribution in [3.05, 3.63) is 46.4 Å². The minimum Gasteiger partial charge on any atom is -0.348 e. The molecule has 0 spiro atoms. The summed E-state index contributed by atoms with van der Waals surface area (Å²) in [4.78, 5) is 20.5. The number of rotatable bonds is 7. The first-order valence-corrected chi connectivity index (χ1v) is 12.0. The highest BCUT2D eigenvalue weighted by Crippen LogP contribution is 2.30. The third-order valence-electron chi connectivity index (χ3n) is 5.02. The molecule has 0 bridgehead atoms. The standard InChI is InChI=1S/C21H26N6OS2/c1-25(2)19(28)13-18-22-16(14-29-18)15-30-21-24-23-20(26-11-7-4-8-12-26)27(21)17-9-5-3-6-10-17/h3,5-6,9-10,14H,4,7-8,11-13,15H2,1-2H3. The summed E-state index contributed by atoms with van der Waals surface area (Å²) in [7, 11) is 3.53. The van der Waals surface area contributed by atoms with Crippen LogP contribution in [-0.2, 0) is 17.0 Å². The Balaban J connectivity index is 1.52. The van der Waals surface area contributed by atoms with Crippen LogP contribution in [-0.4, -0.2) is 57.7 Å². The van der Waals surface area contributed by atoms with Crippen LogP contribution in [0.3, 0.4) is 0 Å². The van der Waals surface area contributed by atoms with Crippen molar-refractivity contribution in [1.82, 2.24) is 24.6 Å². The second-order valence-corrected chi connectivity index (χ2v) is 9.37. The fourth-order valence-electron chi connectivity index (χ4n) is 3.38. The third-order valence-corrected chi connectivity index (χ3v) is 6.88. The first kappa shape index (κ1) is 20.9. The molecule has 1 fully saturated rings. The summed E-state index contributed by atoms with van der Waals surface area (Å²) in [6.07, 6.45) is 4.01. The monoisotopic (exact) mass is 442 g/mol. The number of carbonyl (C=O) groups excluding carboxylic acids is 1. The van der Waals surface area contributed by atoms with Crippen LogP contribution in [0.25, 0.3) is 5.69 Å². The van der Waals surface area contributed by atoms with Crippen molar-refractivity contribution in [2.75, 3.05) is 32.1 Å². The van der Waals surface area contributed by atoms with Gasteiger partial charge in [0.15, 0.2) is 5.16 Å². The summed E-state index contributed by atoms with van der Waals surface area (Å²) in [6, 6.07) is 10.3. The quantitative estimate of drug-likeness (QED) is 0.521. The number of thioether (sulfide) groups is 1. The number of hydrogen-bond acceptors (Lipinski definition) is 7. The fraction of sp³-hybridized carbons (Fsp3) is 0.429. The largest absolute Gasteiger partial charge is 0.348 e. The van der Waals surface area contributed by atoms with Gasteiger partial charge >= 0.3 is 0 Å². The number of piperidine rings is 1. The summed E-state index contributed by atoms with van der Waals surface area (Å²) >= 11 is 3.17. The Morgan fingerprint density at radius 1 is 1.13 bits per heavy atom. The number of amides is 1. The summed E-state index contributed by atoms with van der Waals surface area (Å²) in [5.41, 5.74) is 2.04. The number of anilines is 1. The molecule has 2 aromatic heterocycles. The number of para-hydroxylation sites is 1. The first-order valence-electron chi connectivity index (χ1n) is 10.1.